The van der Waals surface area contributed by atoms with Crippen LogP contribution in [-0.4, -0.2) is 18.4 Å². The van der Waals surface area contributed by atoms with Crippen molar-refractivity contribution in [2.24, 2.45) is 5.10 Å². The second-order valence-corrected chi connectivity index (χ2v) is 7.47. The fourth-order valence-corrected chi connectivity index (χ4v) is 4.14. The molecule has 0 saturated heterocycles. The standard InChI is InChI=1S/C23H21N3O2S/c1-28-20-12-7-10-18(23(20)27)14-24-25-15-22-26(16-17-8-3-2-4-9-17)19-11-5-6-13-21(19)29-22/h2-15,25,27H,16H2,1H3/b22-15-,24-14+. The summed E-state index contributed by atoms with van der Waals surface area (Å²) in [7, 11) is 1.52. The maximum Gasteiger partial charge on any atom is 0.166 e. The Kier molecular flexibility index (Phi) is 5.72. The van der Waals surface area contributed by atoms with Crippen molar-refractivity contribution in [1.82, 2.24) is 5.43 Å². The summed E-state index contributed by atoms with van der Waals surface area (Å²) in [6.07, 6.45) is 3.45. The predicted octanol–water partition coefficient (Wildman–Crippen LogP) is 4.94. The molecule has 0 aromatic heterocycles. The van der Waals surface area contributed by atoms with Crippen LogP contribution in [0.3, 0.4) is 0 Å². The van der Waals surface area contributed by atoms with Gasteiger partial charge in [0.05, 0.1) is 30.2 Å². The number of methoxy groups -OCH3 is 1. The Balaban J connectivity index is 1.53. The maximum atomic E-state index is 10.2. The van der Waals surface area contributed by atoms with Crippen molar-refractivity contribution >= 4 is 23.7 Å². The van der Waals surface area contributed by atoms with Gasteiger partial charge in [0.1, 0.15) is 0 Å². The zero-order chi connectivity index (χ0) is 20.1. The van der Waals surface area contributed by atoms with Crippen LogP contribution in [0.1, 0.15) is 11.1 Å². The van der Waals surface area contributed by atoms with Crippen LogP contribution in [0.4, 0.5) is 5.69 Å². The molecule has 0 unspecified atom stereocenters. The highest BCUT2D eigenvalue weighted by atomic mass is 32.2. The van der Waals surface area contributed by atoms with Gasteiger partial charge in [0, 0.05) is 17.0 Å². The molecule has 29 heavy (non-hydrogen) atoms. The molecule has 146 valence electrons. The van der Waals surface area contributed by atoms with E-state index in [1.54, 1.807) is 30.1 Å². The molecule has 5 nitrogen and oxygen atoms in total. The molecule has 2 N–H and O–H groups in total. The third-order valence-corrected chi connectivity index (χ3v) is 5.65. The molecule has 1 aliphatic rings. The normalized spacial score (nSPS) is 14.4. The topological polar surface area (TPSA) is 57.1 Å². The molecule has 0 bridgehead atoms. The van der Waals surface area contributed by atoms with Crippen LogP contribution in [0.15, 0.2) is 94.0 Å². The summed E-state index contributed by atoms with van der Waals surface area (Å²) in [6.45, 7) is 0.777. The third-order valence-electron chi connectivity index (χ3n) is 4.54. The summed E-state index contributed by atoms with van der Waals surface area (Å²) in [5.41, 5.74) is 5.99. The fraction of sp³-hybridized carbons (Fsp3) is 0.0870. The number of hydrogen-bond acceptors (Lipinski definition) is 6. The molecule has 0 aliphatic carbocycles. The lowest BCUT2D eigenvalue weighted by molar-refractivity contribution is 0.373. The van der Waals surface area contributed by atoms with Gasteiger partial charge < -0.3 is 14.7 Å². The Labute approximate surface area is 174 Å². The highest BCUT2D eigenvalue weighted by molar-refractivity contribution is 8.03. The quantitative estimate of drug-likeness (QED) is 0.451. The molecule has 0 amide bonds. The number of hydrazone groups is 1. The van der Waals surface area contributed by atoms with Crippen LogP contribution in [0, 0.1) is 0 Å². The number of phenols is 1. The van der Waals surface area contributed by atoms with Crippen LogP contribution in [0.2, 0.25) is 0 Å². The van der Waals surface area contributed by atoms with Gasteiger partial charge in [0.15, 0.2) is 11.5 Å². The minimum Gasteiger partial charge on any atom is -0.504 e. The molecule has 1 heterocycles. The van der Waals surface area contributed by atoms with E-state index < -0.39 is 0 Å². The number of fused-ring (bicyclic) bond motifs is 1. The highest BCUT2D eigenvalue weighted by Crippen LogP contribution is 2.46. The van der Waals surface area contributed by atoms with Gasteiger partial charge in [0.25, 0.3) is 0 Å². The Bertz CT molecular complexity index is 1050. The van der Waals surface area contributed by atoms with E-state index in [0.717, 1.165) is 11.6 Å². The van der Waals surface area contributed by atoms with Crippen molar-refractivity contribution < 1.29 is 9.84 Å². The van der Waals surface area contributed by atoms with Crippen LogP contribution in [0.25, 0.3) is 0 Å². The van der Waals surface area contributed by atoms with Crippen LogP contribution in [-0.2, 0) is 6.54 Å². The van der Waals surface area contributed by atoms with E-state index in [2.05, 4.69) is 57.9 Å². The number of para-hydroxylation sites is 2. The van der Waals surface area contributed by atoms with Gasteiger partial charge >= 0.3 is 0 Å². The van der Waals surface area contributed by atoms with E-state index in [9.17, 15) is 5.11 Å². The Morgan fingerprint density at radius 1 is 1.03 bits per heavy atom. The van der Waals surface area contributed by atoms with Crippen LogP contribution < -0.4 is 15.1 Å². The van der Waals surface area contributed by atoms with Crippen LogP contribution in [0.5, 0.6) is 11.5 Å². The van der Waals surface area contributed by atoms with Gasteiger partial charge in [-0.2, -0.15) is 5.10 Å². The second-order valence-electron chi connectivity index (χ2n) is 6.41. The average molecular weight is 404 g/mol. The summed E-state index contributed by atoms with van der Waals surface area (Å²) < 4.78 is 5.13. The smallest absolute Gasteiger partial charge is 0.166 e. The molecule has 1 aliphatic heterocycles. The average Bonchev–Trinajstić information content (AvgIpc) is 3.10. The molecule has 6 heteroatoms. The van der Waals surface area contributed by atoms with E-state index >= 15 is 0 Å². The first-order valence-corrected chi connectivity index (χ1v) is 10.0. The molecular formula is C23H21N3O2S. The third kappa shape index (κ3) is 4.22. The second kappa shape index (κ2) is 8.75. The lowest BCUT2D eigenvalue weighted by Gasteiger charge is -2.20. The molecule has 0 spiro atoms. The van der Waals surface area contributed by atoms with Gasteiger partial charge in [-0.1, -0.05) is 60.3 Å². The molecular weight excluding hydrogens is 382 g/mol. The SMILES string of the molecule is COc1cccc(/C=N/N/C=C2\Sc3ccccc3N2Cc2ccccc2)c1O. The van der Waals surface area contributed by atoms with Gasteiger partial charge in [-0.05, 0) is 29.8 Å². The zero-order valence-corrected chi connectivity index (χ0v) is 16.8. The van der Waals surface area contributed by atoms with Gasteiger partial charge in [-0.3, -0.25) is 5.43 Å². The molecule has 4 rings (SSSR count). The first kappa shape index (κ1) is 19.0. The summed E-state index contributed by atoms with van der Waals surface area (Å²) >= 11 is 1.70. The number of hydrogen-bond donors (Lipinski definition) is 2. The molecule has 0 atom stereocenters. The van der Waals surface area contributed by atoms with Gasteiger partial charge in [0.2, 0.25) is 0 Å². The number of nitrogens with zero attached hydrogens (tertiary/aromatic N) is 2. The van der Waals surface area contributed by atoms with E-state index in [4.69, 9.17) is 4.74 Å². The van der Waals surface area contributed by atoms with E-state index in [1.165, 1.54) is 23.3 Å². The lowest BCUT2D eigenvalue weighted by Crippen LogP contribution is -2.18. The number of anilines is 1. The number of ether oxygens (including phenoxy) is 1. The molecule has 0 radical (unpaired) electrons. The van der Waals surface area contributed by atoms with Crippen molar-refractivity contribution in [2.75, 3.05) is 12.0 Å². The minimum atomic E-state index is 0.0709. The van der Waals surface area contributed by atoms with Crippen molar-refractivity contribution in [3.05, 3.63) is 95.2 Å². The van der Waals surface area contributed by atoms with Crippen molar-refractivity contribution in [1.29, 1.82) is 0 Å². The largest absolute Gasteiger partial charge is 0.504 e. The Morgan fingerprint density at radius 2 is 1.83 bits per heavy atom. The minimum absolute atomic E-state index is 0.0709. The van der Waals surface area contributed by atoms with Crippen molar-refractivity contribution in [2.45, 2.75) is 11.4 Å². The number of benzene rings is 3. The number of phenolic OH excluding ortho intramolecular Hbond substituents is 1. The highest BCUT2D eigenvalue weighted by Gasteiger charge is 2.24. The molecule has 0 saturated carbocycles. The number of rotatable bonds is 6. The predicted molar refractivity (Wildman–Crippen MR) is 118 cm³/mol. The Hall–Kier alpha value is -3.38. The van der Waals surface area contributed by atoms with E-state index in [1.807, 2.05) is 24.4 Å². The zero-order valence-electron chi connectivity index (χ0n) is 15.9. The van der Waals surface area contributed by atoms with E-state index in [0.29, 0.717) is 11.3 Å². The van der Waals surface area contributed by atoms with E-state index in [-0.39, 0.29) is 5.75 Å². The first-order chi connectivity index (χ1) is 14.3. The van der Waals surface area contributed by atoms with Crippen LogP contribution >= 0.6 is 11.8 Å². The molecule has 3 aromatic rings. The summed E-state index contributed by atoms with van der Waals surface area (Å²) in [5.74, 6) is 0.490. The number of nitrogens with one attached hydrogen (secondary N) is 1. The lowest BCUT2D eigenvalue weighted by atomic mass is 10.2. The fourth-order valence-electron chi connectivity index (χ4n) is 3.10. The van der Waals surface area contributed by atoms with Crippen molar-refractivity contribution in [3.63, 3.8) is 0 Å². The van der Waals surface area contributed by atoms with Gasteiger partial charge in [-0.25, -0.2) is 0 Å². The first-order valence-electron chi connectivity index (χ1n) is 9.19. The maximum absolute atomic E-state index is 10.2. The van der Waals surface area contributed by atoms with Crippen molar-refractivity contribution in [3.8, 4) is 11.5 Å². The monoisotopic (exact) mass is 403 g/mol. The summed E-state index contributed by atoms with van der Waals surface area (Å²) in [4.78, 5) is 3.48. The molecule has 3 aromatic carbocycles. The summed E-state index contributed by atoms with van der Waals surface area (Å²) in [5, 5.41) is 15.4. The number of aromatic hydroxyl groups is 1. The number of thioether (sulfide) groups is 1. The summed E-state index contributed by atoms with van der Waals surface area (Å²) in [6, 6.07) is 24.0. The molecule has 0 fully saturated rings. The Morgan fingerprint density at radius 3 is 2.66 bits per heavy atom. The van der Waals surface area contributed by atoms with Gasteiger partial charge in [-0.15, -0.1) is 0 Å².